The summed E-state index contributed by atoms with van der Waals surface area (Å²) >= 11 is 0. The van der Waals surface area contributed by atoms with E-state index >= 15 is 0 Å². The van der Waals surface area contributed by atoms with Gasteiger partial charge in [0.1, 0.15) is 5.75 Å². The van der Waals surface area contributed by atoms with Gasteiger partial charge in [0.15, 0.2) is 17.0 Å². The van der Waals surface area contributed by atoms with Crippen LogP contribution in [0, 0.1) is 5.41 Å². The predicted octanol–water partition coefficient (Wildman–Crippen LogP) is 6.06. The summed E-state index contributed by atoms with van der Waals surface area (Å²) in [6.07, 6.45) is 2.54. The van der Waals surface area contributed by atoms with Gasteiger partial charge in [0.2, 0.25) is 5.88 Å². The summed E-state index contributed by atoms with van der Waals surface area (Å²) in [7, 11) is 3.27. The zero-order chi connectivity index (χ0) is 25.4. The zero-order valence-corrected chi connectivity index (χ0v) is 20.8. The fourth-order valence-electron chi connectivity index (χ4n) is 5.21. The second kappa shape index (κ2) is 9.47. The minimum atomic E-state index is -0.270. The molecular formula is C31H27N3O3. The third kappa shape index (κ3) is 4.00. The molecule has 1 unspecified atom stereocenters. The van der Waals surface area contributed by atoms with Crippen LogP contribution < -0.4 is 19.7 Å². The summed E-state index contributed by atoms with van der Waals surface area (Å²) in [5, 5.41) is 11.1. The highest BCUT2D eigenvalue weighted by Crippen LogP contribution is 2.49. The normalized spacial score (nSPS) is 13.9. The molecule has 1 aliphatic heterocycles. The molecule has 0 radical (unpaired) electrons. The second-order valence-corrected chi connectivity index (χ2v) is 9.09. The van der Waals surface area contributed by atoms with Gasteiger partial charge in [-0.15, -0.1) is 0 Å². The van der Waals surface area contributed by atoms with Gasteiger partial charge in [-0.2, -0.15) is 0 Å². The summed E-state index contributed by atoms with van der Waals surface area (Å²) in [5.74, 6) is 2.46. The van der Waals surface area contributed by atoms with Gasteiger partial charge in [-0.3, -0.25) is 5.41 Å². The number of fused-ring (bicyclic) bond motifs is 4. The van der Waals surface area contributed by atoms with Gasteiger partial charge >= 0.3 is 0 Å². The smallest absolute Gasteiger partial charge is 0.209 e. The van der Waals surface area contributed by atoms with Gasteiger partial charge in [0, 0.05) is 18.0 Å². The molecule has 4 aromatic carbocycles. The quantitative estimate of drug-likeness (QED) is 0.309. The molecule has 0 spiro atoms. The Labute approximate surface area is 215 Å². The fourth-order valence-corrected chi connectivity index (χ4v) is 5.21. The first-order valence-electron chi connectivity index (χ1n) is 12.3. The predicted molar refractivity (Wildman–Crippen MR) is 143 cm³/mol. The summed E-state index contributed by atoms with van der Waals surface area (Å²) in [5.41, 5.74) is 4.18. The summed E-state index contributed by atoms with van der Waals surface area (Å²) in [6.45, 7) is 0.682. The largest absolute Gasteiger partial charge is 0.493 e. The van der Waals surface area contributed by atoms with Crippen molar-refractivity contribution in [2.24, 2.45) is 0 Å². The van der Waals surface area contributed by atoms with Crippen LogP contribution in [0.5, 0.6) is 23.1 Å². The molecule has 1 N–H and O–H groups in total. The van der Waals surface area contributed by atoms with E-state index in [4.69, 9.17) is 19.6 Å². The molecule has 184 valence electrons. The lowest BCUT2D eigenvalue weighted by atomic mass is 9.81. The van der Waals surface area contributed by atoms with Crippen molar-refractivity contribution in [3.8, 4) is 23.1 Å². The van der Waals surface area contributed by atoms with Crippen molar-refractivity contribution in [2.75, 3.05) is 14.2 Å². The average molecular weight is 490 g/mol. The maximum absolute atomic E-state index is 8.89. The fraction of sp³-hybridized carbons (Fsp3) is 0.161. The van der Waals surface area contributed by atoms with Gasteiger partial charge in [-0.25, -0.2) is 4.98 Å². The van der Waals surface area contributed by atoms with E-state index in [0.717, 1.165) is 39.6 Å². The Morgan fingerprint density at radius 3 is 2.46 bits per heavy atom. The van der Waals surface area contributed by atoms with E-state index in [1.54, 1.807) is 20.5 Å². The van der Waals surface area contributed by atoms with Crippen LogP contribution in [-0.4, -0.2) is 23.8 Å². The molecule has 0 amide bonds. The van der Waals surface area contributed by atoms with E-state index in [2.05, 4.69) is 35.3 Å². The average Bonchev–Trinajstić information content (AvgIpc) is 2.96. The number of aryl methyl sites for hydroxylation is 2. The molecule has 0 saturated carbocycles. The standard InChI is InChI=1S/C31H27N3O3/c1-35-24-14-13-22(18-26(24)36-2)27-28-23-11-7-6-10-21(23)12-15-25(28)37-31-29(27)30(32)33-19-34(31)17-16-20-8-4-3-5-9-20/h3-15,18-19,27,32H,16-17H2,1-2H3. The van der Waals surface area contributed by atoms with Crippen LogP contribution in [-0.2, 0) is 13.0 Å². The number of benzene rings is 4. The molecule has 1 atom stereocenters. The Balaban J connectivity index is 1.57. The highest BCUT2D eigenvalue weighted by atomic mass is 16.5. The first kappa shape index (κ1) is 22.9. The van der Waals surface area contributed by atoms with Gasteiger partial charge in [0.05, 0.1) is 26.1 Å². The van der Waals surface area contributed by atoms with E-state index in [-0.39, 0.29) is 11.4 Å². The van der Waals surface area contributed by atoms with Gasteiger partial charge in [0.25, 0.3) is 0 Å². The third-order valence-electron chi connectivity index (χ3n) is 7.01. The Bertz CT molecular complexity index is 1660. The first-order valence-corrected chi connectivity index (χ1v) is 12.3. The van der Waals surface area contributed by atoms with Crippen LogP contribution in [0.4, 0.5) is 0 Å². The maximum Gasteiger partial charge on any atom is 0.209 e. The lowest BCUT2D eigenvalue weighted by Crippen LogP contribution is -2.27. The highest BCUT2D eigenvalue weighted by molar-refractivity contribution is 5.90. The monoisotopic (exact) mass is 489 g/mol. The van der Waals surface area contributed by atoms with Crippen molar-refractivity contribution in [1.82, 2.24) is 9.55 Å². The molecule has 6 rings (SSSR count). The van der Waals surface area contributed by atoms with Gasteiger partial charge in [-0.05, 0) is 46.5 Å². The van der Waals surface area contributed by atoms with Crippen molar-refractivity contribution in [3.63, 3.8) is 0 Å². The highest BCUT2D eigenvalue weighted by Gasteiger charge is 2.34. The van der Waals surface area contributed by atoms with Crippen LogP contribution in [0.2, 0.25) is 0 Å². The van der Waals surface area contributed by atoms with Crippen molar-refractivity contribution >= 4 is 10.8 Å². The molecule has 5 aromatic rings. The van der Waals surface area contributed by atoms with Gasteiger partial charge in [-0.1, -0.05) is 66.7 Å². The number of hydrogen-bond donors (Lipinski definition) is 1. The van der Waals surface area contributed by atoms with Crippen LogP contribution in [0.25, 0.3) is 10.8 Å². The molecular weight excluding hydrogens is 462 g/mol. The molecule has 2 heterocycles. The third-order valence-corrected chi connectivity index (χ3v) is 7.01. The van der Waals surface area contributed by atoms with Crippen molar-refractivity contribution in [3.05, 3.63) is 119 Å². The number of rotatable bonds is 6. The van der Waals surface area contributed by atoms with Crippen LogP contribution in [0.3, 0.4) is 0 Å². The number of nitrogens with zero attached hydrogens (tertiary/aromatic N) is 2. The lowest BCUT2D eigenvalue weighted by Gasteiger charge is -2.31. The molecule has 0 saturated heterocycles. The number of methoxy groups -OCH3 is 2. The van der Waals surface area contributed by atoms with Gasteiger partial charge < -0.3 is 18.8 Å². The summed E-state index contributed by atoms with van der Waals surface area (Å²) < 4.78 is 19.8. The van der Waals surface area contributed by atoms with Crippen molar-refractivity contribution in [1.29, 1.82) is 5.41 Å². The summed E-state index contributed by atoms with van der Waals surface area (Å²) in [6, 6.07) is 28.7. The molecule has 37 heavy (non-hydrogen) atoms. The first-order chi connectivity index (χ1) is 18.2. The molecule has 0 aliphatic carbocycles. The van der Waals surface area contributed by atoms with Crippen molar-refractivity contribution < 1.29 is 14.2 Å². The van der Waals surface area contributed by atoms with E-state index in [0.29, 0.717) is 23.9 Å². The Morgan fingerprint density at radius 1 is 0.865 bits per heavy atom. The van der Waals surface area contributed by atoms with Crippen molar-refractivity contribution in [2.45, 2.75) is 18.9 Å². The van der Waals surface area contributed by atoms with Crippen LogP contribution >= 0.6 is 0 Å². The summed E-state index contributed by atoms with van der Waals surface area (Å²) in [4.78, 5) is 4.50. The Morgan fingerprint density at radius 2 is 1.65 bits per heavy atom. The zero-order valence-electron chi connectivity index (χ0n) is 20.8. The Hall–Kier alpha value is -4.58. The molecule has 6 nitrogen and oxygen atoms in total. The Kier molecular flexibility index (Phi) is 5.85. The molecule has 0 fully saturated rings. The second-order valence-electron chi connectivity index (χ2n) is 9.09. The lowest BCUT2D eigenvalue weighted by molar-refractivity contribution is 0.354. The van der Waals surface area contributed by atoms with E-state index in [1.165, 1.54) is 5.56 Å². The number of aromatic nitrogens is 2. The number of nitrogens with one attached hydrogen (secondary N) is 1. The molecule has 0 bridgehead atoms. The van der Waals surface area contributed by atoms with E-state index in [9.17, 15) is 0 Å². The SMILES string of the molecule is COc1ccc(C2c3c(n(CCc4ccccc4)cnc3=N)Oc3ccc4ccccc4c32)cc1OC. The van der Waals surface area contributed by atoms with Crippen LogP contribution in [0.1, 0.15) is 28.2 Å². The number of ether oxygens (including phenoxy) is 3. The minimum Gasteiger partial charge on any atom is -0.493 e. The van der Waals surface area contributed by atoms with Crippen LogP contribution in [0.15, 0.2) is 91.3 Å². The molecule has 1 aliphatic rings. The van der Waals surface area contributed by atoms with E-state index in [1.807, 2.05) is 59.2 Å². The molecule has 6 heteroatoms. The maximum atomic E-state index is 8.89. The molecule has 1 aromatic heterocycles. The number of hydrogen-bond acceptors (Lipinski definition) is 5. The van der Waals surface area contributed by atoms with E-state index < -0.39 is 0 Å². The topological polar surface area (TPSA) is 69.4 Å². The minimum absolute atomic E-state index is 0.198.